The van der Waals surface area contributed by atoms with E-state index in [1.807, 2.05) is 0 Å². The topological polar surface area (TPSA) is 42.7 Å². The molecule has 2 heterocycles. The third-order valence-electron chi connectivity index (χ3n) is 4.04. The Labute approximate surface area is 120 Å². The number of rotatable bonds is 4. The summed E-state index contributed by atoms with van der Waals surface area (Å²) in [6, 6.07) is 8.97. The van der Waals surface area contributed by atoms with Crippen molar-refractivity contribution in [3.05, 3.63) is 47.0 Å². The minimum absolute atomic E-state index is 0.325. The lowest BCUT2D eigenvalue weighted by atomic mass is 10.1. The summed E-state index contributed by atoms with van der Waals surface area (Å²) < 4.78 is 2.28. The molecule has 1 atom stereocenters. The van der Waals surface area contributed by atoms with Gasteiger partial charge in [-0.15, -0.1) is 10.2 Å². The van der Waals surface area contributed by atoms with Gasteiger partial charge >= 0.3 is 0 Å². The molecule has 0 bridgehead atoms. The van der Waals surface area contributed by atoms with Gasteiger partial charge in [0.15, 0.2) is 0 Å². The van der Waals surface area contributed by atoms with E-state index in [0.29, 0.717) is 6.04 Å². The third kappa shape index (κ3) is 2.75. The van der Waals surface area contributed by atoms with E-state index in [1.54, 1.807) is 0 Å². The Balaban J connectivity index is 1.66. The number of benzene rings is 1. The van der Waals surface area contributed by atoms with Gasteiger partial charge in [0.25, 0.3) is 0 Å². The maximum atomic E-state index is 4.33. The smallest absolute Gasteiger partial charge is 0.147 e. The lowest BCUT2D eigenvalue weighted by molar-refractivity contribution is 0.484. The molecule has 0 fully saturated rings. The lowest BCUT2D eigenvalue weighted by Gasteiger charge is -2.17. The van der Waals surface area contributed by atoms with E-state index in [4.69, 9.17) is 0 Å². The molecule has 20 heavy (non-hydrogen) atoms. The van der Waals surface area contributed by atoms with Gasteiger partial charge in [0.1, 0.15) is 11.6 Å². The summed E-state index contributed by atoms with van der Waals surface area (Å²) >= 11 is 0. The van der Waals surface area contributed by atoms with Crippen LogP contribution < -0.4 is 5.32 Å². The van der Waals surface area contributed by atoms with Gasteiger partial charge in [-0.25, -0.2) is 0 Å². The standard InChI is InChI=1S/C16H22N4/c1-12-6-5-7-14(10-12)13(2)17-11-16-19-18-15-8-3-4-9-20(15)16/h5-7,10,13,17H,3-4,8-9,11H2,1-2H3/t13-/m0/s1. The van der Waals surface area contributed by atoms with Gasteiger partial charge in [-0.3, -0.25) is 0 Å². The van der Waals surface area contributed by atoms with E-state index in [1.165, 1.54) is 24.0 Å². The van der Waals surface area contributed by atoms with E-state index < -0.39 is 0 Å². The van der Waals surface area contributed by atoms with Crippen molar-refractivity contribution in [2.45, 2.75) is 52.2 Å². The first-order chi connectivity index (χ1) is 9.74. The highest BCUT2D eigenvalue weighted by Gasteiger charge is 2.16. The fourth-order valence-electron chi connectivity index (χ4n) is 2.80. The number of nitrogens with zero attached hydrogens (tertiary/aromatic N) is 3. The molecule has 0 saturated heterocycles. The maximum Gasteiger partial charge on any atom is 0.147 e. The van der Waals surface area contributed by atoms with Crippen molar-refractivity contribution in [1.82, 2.24) is 20.1 Å². The highest BCUT2D eigenvalue weighted by molar-refractivity contribution is 5.24. The SMILES string of the molecule is Cc1cccc([C@H](C)NCc2nnc3n2CCCC3)c1. The van der Waals surface area contributed by atoms with Gasteiger partial charge in [-0.2, -0.15) is 0 Å². The van der Waals surface area contributed by atoms with Gasteiger partial charge in [-0.1, -0.05) is 29.8 Å². The Kier molecular flexibility index (Phi) is 3.83. The van der Waals surface area contributed by atoms with Crippen LogP contribution in [-0.4, -0.2) is 14.8 Å². The van der Waals surface area contributed by atoms with Crippen LogP contribution in [0.4, 0.5) is 0 Å². The zero-order valence-corrected chi connectivity index (χ0v) is 12.3. The van der Waals surface area contributed by atoms with Crippen molar-refractivity contribution in [1.29, 1.82) is 0 Å². The highest BCUT2D eigenvalue weighted by atomic mass is 15.3. The predicted molar refractivity (Wildman–Crippen MR) is 79.4 cm³/mol. The normalized spacial score (nSPS) is 15.9. The molecule has 0 spiro atoms. The first kappa shape index (κ1) is 13.3. The summed E-state index contributed by atoms with van der Waals surface area (Å²) in [5, 5.41) is 12.2. The van der Waals surface area contributed by atoms with Crippen molar-refractivity contribution in [2.75, 3.05) is 0 Å². The second-order valence-electron chi connectivity index (χ2n) is 5.66. The number of hydrogen-bond donors (Lipinski definition) is 1. The summed E-state index contributed by atoms with van der Waals surface area (Å²) in [7, 11) is 0. The summed E-state index contributed by atoms with van der Waals surface area (Å²) in [5.74, 6) is 2.22. The summed E-state index contributed by atoms with van der Waals surface area (Å²) in [6.07, 6.45) is 3.55. The average Bonchev–Trinajstić information content (AvgIpc) is 2.88. The Morgan fingerprint density at radius 1 is 1.30 bits per heavy atom. The number of aromatic nitrogens is 3. The van der Waals surface area contributed by atoms with Crippen LogP contribution in [0.3, 0.4) is 0 Å². The lowest BCUT2D eigenvalue weighted by Crippen LogP contribution is -2.22. The predicted octanol–water partition coefficient (Wildman–Crippen LogP) is 2.77. The minimum Gasteiger partial charge on any atom is -0.314 e. The molecule has 1 aromatic heterocycles. The van der Waals surface area contributed by atoms with Crippen molar-refractivity contribution < 1.29 is 0 Å². The number of aryl methyl sites for hydroxylation is 2. The van der Waals surface area contributed by atoms with Gasteiger partial charge in [0.2, 0.25) is 0 Å². The molecule has 0 aliphatic carbocycles. The Bertz CT molecular complexity index is 588. The van der Waals surface area contributed by atoms with Crippen LogP contribution in [0.15, 0.2) is 24.3 Å². The van der Waals surface area contributed by atoms with E-state index in [9.17, 15) is 0 Å². The van der Waals surface area contributed by atoms with Gasteiger partial charge in [-0.05, 0) is 32.3 Å². The maximum absolute atomic E-state index is 4.33. The Morgan fingerprint density at radius 2 is 2.20 bits per heavy atom. The monoisotopic (exact) mass is 270 g/mol. The molecule has 3 rings (SSSR count). The molecule has 2 aromatic rings. The van der Waals surface area contributed by atoms with Gasteiger partial charge < -0.3 is 9.88 Å². The first-order valence-corrected chi connectivity index (χ1v) is 7.45. The number of nitrogens with one attached hydrogen (secondary N) is 1. The Hall–Kier alpha value is -1.68. The highest BCUT2D eigenvalue weighted by Crippen LogP contribution is 2.17. The van der Waals surface area contributed by atoms with Crippen LogP contribution >= 0.6 is 0 Å². The van der Waals surface area contributed by atoms with Crippen LogP contribution in [-0.2, 0) is 19.5 Å². The summed E-state index contributed by atoms with van der Waals surface area (Å²) in [5.41, 5.74) is 2.62. The minimum atomic E-state index is 0.325. The van der Waals surface area contributed by atoms with E-state index in [2.05, 4.69) is 58.2 Å². The van der Waals surface area contributed by atoms with Crippen molar-refractivity contribution in [3.8, 4) is 0 Å². The van der Waals surface area contributed by atoms with Crippen LogP contribution in [0.5, 0.6) is 0 Å². The molecule has 106 valence electrons. The number of fused-ring (bicyclic) bond motifs is 1. The molecular weight excluding hydrogens is 248 g/mol. The zero-order chi connectivity index (χ0) is 13.9. The molecular formula is C16H22N4. The molecule has 4 heteroatoms. The fourth-order valence-corrected chi connectivity index (χ4v) is 2.80. The summed E-state index contributed by atoms with van der Waals surface area (Å²) in [4.78, 5) is 0. The van der Waals surface area contributed by atoms with E-state index in [-0.39, 0.29) is 0 Å². The van der Waals surface area contributed by atoms with Crippen LogP contribution in [0, 0.1) is 6.92 Å². The van der Waals surface area contributed by atoms with E-state index in [0.717, 1.165) is 31.2 Å². The molecule has 1 aliphatic rings. The molecule has 0 amide bonds. The van der Waals surface area contributed by atoms with Crippen molar-refractivity contribution in [2.24, 2.45) is 0 Å². The Morgan fingerprint density at radius 3 is 3.05 bits per heavy atom. The van der Waals surface area contributed by atoms with Crippen LogP contribution in [0.2, 0.25) is 0 Å². The molecule has 0 unspecified atom stereocenters. The second-order valence-corrected chi connectivity index (χ2v) is 5.66. The van der Waals surface area contributed by atoms with Crippen molar-refractivity contribution in [3.63, 3.8) is 0 Å². The molecule has 1 aliphatic heterocycles. The van der Waals surface area contributed by atoms with Crippen molar-refractivity contribution >= 4 is 0 Å². The van der Waals surface area contributed by atoms with Gasteiger partial charge in [0.05, 0.1) is 6.54 Å². The molecule has 4 nitrogen and oxygen atoms in total. The summed E-state index contributed by atoms with van der Waals surface area (Å²) in [6.45, 7) is 6.17. The fraction of sp³-hybridized carbons (Fsp3) is 0.500. The first-order valence-electron chi connectivity index (χ1n) is 7.45. The average molecular weight is 270 g/mol. The molecule has 1 N–H and O–H groups in total. The zero-order valence-electron chi connectivity index (χ0n) is 12.3. The van der Waals surface area contributed by atoms with Crippen LogP contribution in [0.25, 0.3) is 0 Å². The molecule has 0 radical (unpaired) electrons. The van der Waals surface area contributed by atoms with Crippen LogP contribution in [0.1, 0.15) is 48.6 Å². The molecule has 0 saturated carbocycles. The molecule has 1 aromatic carbocycles. The largest absolute Gasteiger partial charge is 0.314 e. The second kappa shape index (κ2) is 5.75. The van der Waals surface area contributed by atoms with Gasteiger partial charge in [0, 0.05) is 19.0 Å². The quantitative estimate of drug-likeness (QED) is 0.929. The number of hydrogen-bond acceptors (Lipinski definition) is 3. The third-order valence-corrected chi connectivity index (χ3v) is 4.04. The van der Waals surface area contributed by atoms with E-state index >= 15 is 0 Å².